The smallest absolute Gasteiger partial charge is 0.246 e. The normalized spacial score (nSPS) is 16.5. The maximum atomic E-state index is 11.6. The number of amides is 1. The Kier molecular flexibility index (Phi) is 5.35. The van der Waals surface area contributed by atoms with Gasteiger partial charge in [0.2, 0.25) is 5.91 Å². The SMILES string of the molecule is Cn1cc(CCNC(=O)COC2CCNCC2)cn1. The van der Waals surface area contributed by atoms with Gasteiger partial charge in [-0.2, -0.15) is 5.10 Å². The molecule has 6 heteroatoms. The second-order valence-corrected chi connectivity index (χ2v) is 4.88. The molecule has 1 aliphatic heterocycles. The summed E-state index contributed by atoms with van der Waals surface area (Å²) >= 11 is 0. The number of hydrogen-bond acceptors (Lipinski definition) is 4. The van der Waals surface area contributed by atoms with Gasteiger partial charge in [-0.3, -0.25) is 9.48 Å². The number of piperidine rings is 1. The van der Waals surface area contributed by atoms with Crippen LogP contribution in [-0.2, 0) is 23.0 Å². The van der Waals surface area contributed by atoms with E-state index in [0.717, 1.165) is 37.9 Å². The van der Waals surface area contributed by atoms with E-state index in [-0.39, 0.29) is 18.6 Å². The molecule has 19 heavy (non-hydrogen) atoms. The number of carbonyl (C=O) groups is 1. The van der Waals surface area contributed by atoms with Gasteiger partial charge in [0, 0.05) is 19.8 Å². The monoisotopic (exact) mass is 266 g/mol. The maximum absolute atomic E-state index is 11.6. The van der Waals surface area contributed by atoms with Crippen molar-refractivity contribution < 1.29 is 9.53 Å². The van der Waals surface area contributed by atoms with E-state index in [0.29, 0.717) is 6.54 Å². The third kappa shape index (κ3) is 5.00. The van der Waals surface area contributed by atoms with E-state index in [9.17, 15) is 4.79 Å². The maximum Gasteiger partial charge on any atom is 0.246 e. The Bertz CT molecular complexity index is 399. The van der Waals surface area contributed by atoms with Crippen LogP contribution in [0.5, 0.6) is 0 Å². The van der Waals surface area contributed by atoms with E-state index in [1.807, 2.05) is 19.4 Å². The number of carbonyl (C=O) groups excluding carboxylic acids is 1. The zero-order valence-corrected chi connectivity index (χ0v) is 11.4. The average molecular weight is 266 g/mol. The molecule has 0 saturated carbocycles. The molecule has 0 radical (unpaired) electrons. The van der Waals surface area contributed by atoms with Crippen molar-refractivity contribution in [1.82, 2.24) is 20.4 Å². The highest BCUT2D eigenvalue weighted by Gasteiger charge is 2.14. The van der Waals surface area contributed by atoms with Crippen LogP contribution in [-0.4, -0.2) is 48.0 Å². The largest absolute Gasteiger partial charge is 0.368 e. The molecule has 1 aliphatic rings. The summed E-state index contributed by atoms with van der Waals surface area (Å²) in [5.74, 6) is -0.0394. The number of aryl methyl sites for hydroxylation is 1. The quantitative estimate of drug-likeness (QED) is 0.751. The molecule has 0 bridgehead atoms. The molecular formula is C13H22N4O2. The van der Waals surface area contributed by atoms with Crippen molar-refractivity contribution in [3.8, 4) is 0 Å². The summed E-state index contributed by atoms with van der Waals surface area (Å²) in [6.45, 7) is 2.75. The zero-order valence-electron chi connectivity index (χ0n) is 11.4. The molecule has 6 nitrogen and oxygen atoms in total. The van der Waals surface area contributed by atoms with E-state index >= 15 is 0 Å². The topological polar surface area (TPSA) is 68.2 Å². The molecule has 0 atom stereocenters. The fraction of sp³-hybridized carbons (Fsp3) is 0.692. The highest BCUT2D eigenvalue weighted by Crippen LogP contribution is 2.06. The first kappa shape index (κ1) is 14.0. The lowest BCUT2D eigenvalue weighted by atomic mass is 10.1. The molecule has 1 aromatic rings. The minimum atomic E-state index is -0.0394. The van der Waals surface area contributed by atoms with E-state index in [1.165, 1.54) is 0 Å². The van der Waals surface area contributed by atoms with Gasteiger partial charge in [-0.25, -0.2) is 0 Å². The van der Waals surface area contributed by atoms with Crippen LogP contribution < -0.4 is 10.6 Å². The molecule has 106 valence electrons. The van der Waals surface area contributed by atoms with Crippen LogP contribution in [0.3, 0.4) is 0 Å². The standard InChI is InChI=1S/C13H22N4O2/c1-17-9-11(8-16-17)2-7-15-13(18)10-19-12-3-5-14-6-4-12/h8-9,12,14H,2-7,10H2,1H3,(H,15,18). The van der Waals surface area contributed by atoms with Gasteiger partial charge >= 0.3 is 0 Å². The third-order valence-corrected chi connectivity index (χ3v) is 3.23. The number of nitrogens with zero attached hydrogens (tertiary/aromatic N) is 2. The van der Waals surface area contributed by atoms with Gasteiger partial charge in [-0.1, -0.05) is 0 Å². The van der Waals surface area contributed by atoms with Crippen molar-refractivity contribution in [1.29, 1.82) is 0 Å². The first-order valence-corrected chi connectivity index (χ1v) is 6.80. The summed E-state index contributed by atoms with van der Waals surface area (Å²) in [5.41, 5.74) is 1.13. The van der Waals surface area contributed by atoms with Crippen LogP contribution in [0.2, 0.25) is 0 Å². The Hall–Kier alpha value is -1.40. The predicted octanol–water partition coefficient (Wildman–Crippen LogP) is -0.153. The van der Waals surface area contributed by atoms with Gasteiger partial charge in [-0.05, 0) is 37.9 Å². The number of rotatable bonds is 6. The highest BCUT2D eigenvalue weighted by atomic mass is 16.5. The van der Waals surface area contributed by atoms with Crippen LogP contribution >= 0.6 is 0 Å². The lowest BCUT2D eigenvalue weighted by Crippen LogP contribution is -2.36. The summed E-state index contributed by atoms with van der Waals surface area (Å²) in [7, 11) is 1.88. The molecule has 0 aromatic carbocycles. The average Bonchev–Trinajstić information content (AvgIpc) is 2.83. The minimum Gasteiger partial charge on any atom is -0.368 e. The molecule has 0 unspecified atom stereocenters. The molecule has 2 rings (SSSR count). The van der Waals surface area contributed by atoms with E-state index < -0.39 is 0 Å². The van der Waals surface area contributed by atoms with Gasteiger partial charge in [-0.15, -0.1) is 0 Å². The minimum absolute atomic E-state index is 0.0394. The van der Waals surface area contributed by atoms with E-state index in [4.69, 9.17) is 4.74 Å². The summed E-state index contributed by atoms with van der Waals surface area (Å²) in [4.78, 5) is 11.6. The van der Waals surface area contributed by atoms with Crippen LogP contribution in [0, 0.1) is 0 Å². The van der Waals surface area contributed by atoms with Crippen LogP contribution in [0.1, 0.15) is 18.4 Å². The molecule has 1 fully saturated rings. The summed E-state index contributed by atoms with van der Waals surface area (Å²) < 4.78 is 7.34. The summed E-state index contributed by atoms with van der Waals surface area (Å²) in [6.07, 6.45) is 6.78. The Labute approximate surface area is 113 Å². The number of ether oxygens (including phenoxy) is 1. The highest BCUT2D eigenvalue weighted by molar-refractivity contribution is 5.77. The Morgan fingerprint density at radius 3 is 3.05 bits per heavy atom. The Morgan fingerprint density at radius 2 is 2.37 bits per heavy atom. The van der Waals surface area contributed by atoms with Gasteiger partial charge in [0.05, 0.1) is 12.3 Å². The lowest BCUT2D eigenvalue weighted by Gasteiger charge is -2.22. The molecule has 2 N–H and O–H groups in total. The van der Waals surface area contributed by atoms with Crippen molar-refractivity contribution in [3.05, 3.63) is 18.0 Å². The molecule has 1 saturated heterocycles. The van der Waals surface area contributed by atoms with Crippen molar-refractivity contribution in [2.24, 2.45) is 7.05 Å². The van der Waals surface area contributed by atoms with Gasteiger partial charge in [0.25, 0.3) is 0 Å². The lowest BCUT2D eigenvalue weighted by molar-refractivity contribution is -0.128. The summed E-state index contributed by atoms with van der Waals surface area (Å²) in [6, 6.07) is 0. The van der Waals surface area contributed by atoms with E-state index in [1.54, 1.807) is 4.68 Å². The van der Waals surface area contributed by atoms with Crippen molar-refractivity contribution in [2.75, 3.05) is 26.2 Å². The van der Waals surface area contributed by atoms with Crippen LogP contribution in [0.25, 0.3) is 0 Å². The summed E-state index contributed by atoms with van der Waals surface area (Å²) in [5, 5.41) is 10.2. The fourth-order valence-corrected chi connectivity index (χ4v) is 2.15. The third-order valence-electron chi connectivity index (χ3n) is 3.23. The van der Waals surface area contributed by atoms with Crippen LogP contribution in [0.15, 0.2) is 12.4 Å². The Balaban J connectivity index is 1.56. The molecule has 2 heterocycles. The van der Waals surface area contributed by atoms with Gasteiger partial charge < -0.3 is 15.4 Å². The molecule has 0 aliphatic carbocycles. The Morgan fingerprint density at radius 1 is 1.58 bits per heavy atom. The first-order chi connectivity index (χ1) is 9.24. The fourth-order valence-electron chi connectivity index (χ4n) is 2.15. The van der Waals surface area contributed by atoms with E-state index in [2.05, 4.69) is 15.7 Å². The predicted molar refractivity (Wildman–Crippen MR) is 71.8 cm³/mol. The van der Waals surface area contributed by atoms with Crippen molar-refractivity contribution in [3.63, 3.8) is 0 Å². The number of nitrogens with one attached hydrogen (secondary N) is 2. The van der Waals surface area contributed by atoms with Crippen LogP contribution in [0.4, 0.5) is 0 Å². The molecule has 1 aromatic heterocycles. The second kappa shape index (κ2) is 7.25. The van der Waals surface area contributed by atoms with Gasteiger partial charge in [0.15, 0.2) is 0 Å². The zero-order chi connectivity index (χ0) is 13.5. The molecule has 0 spiro atoms. The molecule has 1 amide bonds. The first-order valence-electron chi connectivity index (χ1n) is 6.80. The molecular weight excluding hydrogens is 244 g/mol. The number of hydrogen-bond donors (Lipinski definition) is 2. The second-order valence-electron chi connectivity index (χ2n) is 4.88. The van der Waals surface area contributed by atoms with Crippen molar-refractivity contribution in [2.45, 2.75) is 25.4 Å². The van der Waals surface area contributed by atoms with Gasteiger partial charge in [0.1, 0.15) is 6.61 Å². The number of aromatic nitrogens is 2. The van der Waals surface area contributed by atoms with Crippen molar-refractivity contribution >= 4 is 5.91 Å².